The van der Waals surface area contributed by atoms with Crippen LogP contribution in [0.3, 0.4) is 0 Å². The number of carbonyl (C=O) groups excluding carboxylic acids is 1. The van der Waals surface area contributed by atoms with Gasteiger partial charge in [0.15, 0.2) is 0 Å². The topological polar surface area (TPSA) is 84.3 Å². The molecule has 1 aromatic carbocycles. The van der Waals surface area contributed by atoms with Gasteiger partial charge in [0.2, 0.25) is 0 Å². The van der Waals surface area contributed by atoms with Crippen molar-refractivity contribution < 1.29 is 9.72 Å². The quantitative estimate of drug-likeness (QED) is 0.481. The van der Waals surface area contributed by atoms with Crippen molar-refractivity contribution in [2.75, 3.05) is 11.9 Å². The third-order valence-corrected chi connectivity index (χ3v) is 2.66. The van der Waals surface area contributed by atoms with Crippen LogP contribution in [0.15, 0.2) is 41.7 Å². The summed E-state index contributed by atoms with van der Waals surface area (Å²) in [4.78, 5) is 22.2. The van der Waals surface area contributed by atoms with E-state index in [1.807, 2.05) is 0 Å². The lowest BCUT2D eigenvalue weighted by Crippen LogP contribution is -2.24. The maximum atomic E-state index is 11.9. The number of rotatable bonds is 3. The summed E-state index contributed by atoms with van der Waals surface area (Å²) in [7, 11) is 0. The minimum absolute atomic E-state index is 0.392. The lowest BCUT2D eigenvalue weighted by molar-refractivity contribution is -0.420. The number of nitro groups is 1. The maximum absolute atomic E-state index is 11.9. The number of nitrogens with zero attached hydrogens (tertiary/aromatic N) is 1. The van der Waals surface area contributed by atoms with Gasteiger partial charge in [0.05, 0.1) is 10.6 Å². The molecule has 2 N–H and O–H groups in total. The van der Waals surface area contributed by atoms with Crippen molar-refractivity contribution in [3.8, 4) is 0 Å². The van der Waals surface area contributed by atoms with Crippen LogP contribution in [0.4, 0.5) is 5.69 Å². The summed E-state index contributed by atoms with van der Waals surface area (Å²) < 4.78 is 0. The van der Waals surface area contributed by atoms with Gasteiger partial charge in [-0.1, -0.05) is 18.2 Å². The Labute approximate surface area is 104 Å². The Kier molecular flexibility index (Phi) is 3.57. The molecular formula is C12H13N3O3. The second kappa shape index (κ2) is 5.31. The van der Waals surface area contributed by atoms with Gasteiger partial charge in [0.25, 0.3) is 0 Å². The monoisotopic (exact) mass is 247 g/mol. The van der Waals surface area contributed by atoms with E-state index in [9.17, 15) is 14.9 Å². The first-order valence-electron chi connectivity index (χ1n) is 5.66. The van der Waals surface area contributed by atoms with Crippen LogP contribution in [0.1, 0.15) is 12.8 Å². The highest BCUT2D eigenvalue weighted by molar-refractivity contribution is 6.02. The van der Waals surface area contributed by atoms with E-state index in [4.69, 9.17) is 0 Å². The van der Waals surface area contributed by atoms with Gasteiger partial charge in [-0.05, 0) is 25.0 Å². The molecule has 0 atom stereocenters. The summed E-state index contributed by atoms with van der Waals surface area (Å²) in [6.07, 6.45) is 1.35. The Balaban J connectivity index is 2.20. The van der Waals surface area contributed by atoms with Crippen molar-refractivity contribution in [2.24, 2.45) is 0 Å². The van der Waals surface area contributed by atoms with Crippen LogP contribution in [0.5, 0.6) is 0 Å². The third-order valence-electron chi connectivity index (χ3n) is 2.66. The molecule has 0 aromatic heterocycles. The van der Waals surface area contributed by atoms with Gasteiger partial charge < -0.3 is 10.6 Å². The molecule has 0 aliphatic carbocycles. The predicted octanol–water partition coefficient (Wildman–Crippen LogP) is 1.50. The molecule has 0 radical (unpaired) electrons. The van der Waals surface area contributed by atoms with E-state index in [0.29, 0.717) is 24.4 Å². The highest BCUT2D eigenvalue weighted by Gasteiger charge is 2.29. The first kappa shape index (κ1) is 12.1. The van der Waals surface area contributed by atoms with Crippen molar-refractivity contribution >= 4 is 11.6 Å². The Hall–Kier alpha value is -2.37. The molecule has 1 aliphatic heterocycles. The van der Waals surface area contributed by atoms with Crippen LogP contribution in [0.2, 0.25) is 0 Å². The summed E-state index contributed by atoms with van der Waals surface area (Å²) in [5.74, 6) is -0.685. The third kappa shape index (κ3) is 2.65. The zero-order chi connectivity index (χ0) is 13.0. The van der Waals surface area contributed by atoms with Gasteiger partial charge in [-0.15, -0.1) is 0 Å². The van der Waals surface area contributed by atoms with E-state index < -0.39 is 16.5 Å². The first-order chi connectivity index (χ1) is 8.68. The van der Waals surface area contributed by atoms with E-state index >= 15 is 0 Å². The number of nitrogens with one attached hydrogen (secondary N) is 2. The van der Waals surface area contributed by atoms with Crippen molar-refractivity contribution in [3.63, 3.8) is 0 Å². The van der Waals surface area contributed by atoms with E-state index in [2.05, 4.69) is 10.6 Å². The fraction of sp³-hybridized carbons (Fsp3) is 0.250. The smallest absolute Gasteiger partial charge is 0.352 e. The Bertz CT molecular complexity index is 489. The van der Waals surface area contributed by atoms with Gasteiger partial charge in [-0.3, -0.25) is 14.9 Å². The van der Waals surface area contributed by atoms with Gasteiger partial charge in [-0.2, -0.15) is 0 Å². The Morgan fingerprint density at radius 2 is 2.06 bits per heavy atom. The average molecular weight is 247 g/mol. The molecule has 6 heteroatoms. The standard InChI is InChI=1S/C12H13N3O3/c16-12(14-9-5-2-1-3-6-9)11(15(17)18)10-7-4-8-13-10/h1-3,5-6,13H,4,7-8H2,(H,14,16)/b11-10-. The number of anilines is 1. The molecule has 1 aliphatic rings. The average Bonchev–Trinajstić information content (AvgIpc) is 2.83. The van der Waals surface area contributed by atoms with Crippen LogP contribution in [-0.4, -0.2) is 17.4 Å². The molecule has 6 nitrogen and oxygen atoms in total. The number of hydrogen-bond donors (Lipinski definition) is 2. The summed E-state index contributed by atoms with van der Waals surface area (Å²) >= 11 is 0. The fourth-order valence-electron chi connectivity index (χ4n) is 1.84. The van der Waals surface area contributed by atoms with Gasteiger partial charge in [-0.25, -0.2) is 0 Å². The van der Waals surface area contributed by atoms with Crippen molar-refractivity contribution in [3.05, 3.63) is 51.8 Å². The molecule has 0 spiro atoms. The maximum Gasteiger partial charge on any atom is 0.352 e. The number of amides is 1. The number of allylic oxidation sites excluding steroid dienone is 1. The number of carbonyl (C=O) groups is 1. The van der Waals surface area contributed by atoms with Gasteiger partial charge in [0, 0.05) is 12.2 Å². The predicted molar refractivity (Wildman–Crippen MR) is 66.3 cm³/mol. The summed E-state index contributed by atoms with van der Waals surface area (Å²) in [5.41, 5.74) is 0.560. The molecular weight excluding hydrogens is 234 g/mol. The summed E-state index contributed by atoms with van der Waals surface area (Å²) in [6, 6.07) is 8.68. The van der Waals surface area contributed by atoms with Gasteiger partial charge in [0.1, 0.15) is 0 Å². The fourth-order valence-corrected chi connectivity index (χ4v) is 1.84. The summed E-state index contributed by atoms with van der Waals surface area (Å²) in [5, 5.41) is 16.4. The number of hydrogen-bond acceptors (Lipinski definition) is 4. The van der Waals surface area contributed by atoms with Crippen molar-refractivity contribution in [1.82, 2.24) is 5.32 Å². The largest absolute Gasteiger partial charge is 0.383 e. The zero-order valence-electron chi connectivity index (χ0n) is 9.68. The highest BCUT2D eigenvalue weighted by Crippen LogP contribution is 2.16. The van der Waals surface area contributed by atoms with E-state index in [1.54, 1.807) is 30.3 Å². The molecule has 1 amide bonds. The Morgan fingerprint density at radius 3 is 2.61 bits per heavy atom. The van der Waals surface area contributed by atoms with Crippen LogP contribution in [-0.2, 0) is 4.79 Å². The lowest BCUT2D eigenvalue weighted by atomic mass is 10.2. The SMILES string of the molecule is O=C(Nc1ccccc1)/C(=C1\CCCN1)[N+](=O)[O-]. The van der Waals surface area contributed by atoms with Crippen LogP contribution in [0, 0.1) is 10.1 Å². The summed E-state index contributed by atoms with van der Waals surface area (Å²) in [6.45, 7) is 0.672. The van der Waals surface area contributed by atoms with Gasteiger partial charge >= 0.3 is 11.6 Å². The molecule has 18 heavy (non-hydrogen) atoms. The second-order valence-corrected chi connectivity index (χ2v) is 3.93. The highest BCUT2D eigenvalue weighted by atomic mass is 16.6. The Morgan fingerprint density at radius 1 is 1.33 bits per heavy atom. The van der Waals surface area contributed by atoms with E-state index in [-0.39, 0.29) is 0 Å². The molecule has 0 saturated carbocycles. The zero-order valence-corrected chi connectivity index (χ0v) is 9.68. The molecule has 2 rings (SSSR count). The minimum atomic E-state index is -0.685. The molecule has 1 fully saturated rings. The second-order valence-electron chi connectivity index (χ2n) is 3.93. The van der Waals surface area contributed by atoms with Crippen molar-refractivity contribution in [1.29, 1.82) is 0 Å². The van der Waals surface area contributed by atoms with Crippen molar-refractivity contribution in [2.45, 2.75) is 12.8 Å². The minimum Gasteiger partial charge on any atom is -0.383 e. The molecule has 1 saturated heterocycles. The molecule has 1 heterocycles. The number of para-hydroxylation sites is 1. The molecule has 0 unspecified atom stereocenters. The van der Waals surface area contributed by atoms with Crippen LogP contribution in [0.25, 0.3) is 0 Å². The van der Waals surface area contributed by atoms with Crippen LogP contribution < -0.4 is 10.6 Å². The lowest BCUT2D eigenvalue weighted by Gasteiger charge is -2.05. The number of benzene rings is 1. The van der Waals surface area contributed by atoms with Crippen LogP contribution >= 0.6 is 0 Å². The molecule has 94 valence electrons. The first-order valence-corrected chi connectivity index (χ1v) is 5.66. The van der Waals surface area contributed by atoms with E-state index in [0.717, 1.165) is 6.42 Å². The van der Waals surface area contributed by atoms with E-state index in [1.165, 1.54) is 0 Å². The molecule has 0 bridgehead atoms. The molecule has 1 aromatic rings. The normalized spacial score (nSPS) is 16.9.